The maximum absolute atomic E-state index is 14.6. The molecule has 3 aromatic rings. The van der Waals surface area contributed by atoms with Gasteiger partial charge in [0.2, 0.25) is 0 Å². The van der Waals surface area contributed by atoms with Crippen molar-refractivity contribution in [2.75, 3.05) is 13.1 Å². The van der Waals surface area contributed by atoms with E-state index in [-0.39, 0.29) is 5.75 Å². The highest BCUT2D eigenvalue weighted by Gasteiger charge is 2.34. The molecule has 0 atom stereocenters. The Morgan fingerprint density at radius 3 is 2.10 bits per heavy atom. The normalized spacial score (nSPS) is 16.5. The number of likely N-dealkylation sites (tertiary alicyclic amines) is 1. The molecule has 0 bridgehead atoms. The first-order chi connectivity index (χ1) is 14.1. The average molecular weight is 391 g/mol. The largest absolute Gasteiger partial charge is 0.486 e. The van der Waals surface area contributed by atoms with Gasteiger partial charge in [-0.3, -0.25) is 4.90 Å². The van der Waals surface area contributed by atoms with Crippen LogP contribution in [0.4, 0.5) is 4.39 Å². The molecule has 1 aliphatic rings. The Kier molecular flexibility index (Phi) is 5.93. The number of hydrogen-bond donors (Lipinski definition) is 1. The number of ether oxygens (including phenoxy) is 1. The Balaban J connectivity index is 1.37. The number of nitrogens with zero attached hydrogens (tertiary/aromatic N) is 1. The third-order valence-electron chi connectivity index (χ3n) is 5.64. The van der Waals surface area contributed by atoms with Crippen molar-refractivity contribution in [3.05, 3.63) is 101 Å². The highest BCUT2D eigenvalue weighted by Crippen LogP contribution is 2.35. The van der Waals surface area contributed by atoms with E-state index >= 15 is 0 Å². The number of hydrogen-bond acceptors (Lipinski definition) is 3. The van der Waals surface area contributed by atoms with E-state index in [1.54, 1.807) is 12.1 Å². The molecule has 0 unspecified atom stereocenters. The zero-order chi connectivity index (χ0) is 20.1. The summed E-state index contributed by atoms with van der Waals surface area (Å²) in [6.07, 6.45) is 1.17. The molecule has 1 N–H and O–H groups in total. The number of halogens is 1. The molecule has 150 valence electrons. The fraction of sp³-hybridized carbons (Fsp3) is 0.280. The van der Waals surface area contributed by atoms with E-state index in [4.69, 9.17) is 4.74 Å². The van der Waals surface area contributed by atoms with Crippen LogP contribution in [0.5, 0.6) is 5.75 Å². The Morgan fingerprint density at radius 2 is 1.48 bits per heavy atom. The minimum atomic E-state index is -0.994. The molecule has 0 saturated carbocycles. The molecule has 3 aromatic carbocycles. The lowest BCUT2D eigenvalue weighted by Gasteiger charge is -2.38. The summed E-state index contributed by atoms with van der Waals surface area (Å²) in [7, 11) is 0. The molecule has 1 saturated heterocycles. The van der Waals surface area contributed by atoms with E-state index in [1.165, 1.54) is 11.6 Å². The second-order valence-corrected chi connectivity index (χ2v) is 7.71. The number of aliphatic hydroxyl groups is 1. The van der Waals surface area contributed by atoms with Gasteiger partial charge in [-0.1, -0.05) is 66.7 Å². The molecular formula is C25H26FNO2. The van der Waals surface area contributed by atoms with Gasteiger partial charge in [0.05, 0.1) is 5.60 Å². The molecular weight excluding hydrogens is 365 g/mol. The summed E-state index contributed by atoms with van der Waals surface area (Å²) in [6.45, 7) is 2.74. The summed E-state index contributed by atoms with van der Waals surface area (Å²) >= 11 is 0. The van der Waals surface area contributed by atoms with Crippen LogP contribution in [-0.2, 0) is 18.8 Å². The molecule has 0 aliphatic carbocycles. The summed E-state index contributed by atoms with van der Waals surface area (Å²) < 4.78 is 20.2. The topological polar surface area (TPSA) is 32.7 Å². The highest BCUT2D eigenvalue weighted by molar-refractivity contribution is 5.33. The number of piperidine rings is 1. The Labute approximate surface area is 171 Å². The van der Waals surface area contributed by atoms with Crippen LogP contribution in [0, 0.1) is 5.82 Å². The second-order valence-electron chi connectivity index (χ2n) is 7.71. The SMILES string of the molecule is OC1(c2ccc(OCc3ccccc3)c(F)c2)CCN(Cc2ccccc2)CC1. The molecule has 0 spiro atoms. The fourth-order valence-electron chi connectivity index (χ4n) is 3.85. The van der Waals surface area contributed by atoms with Crippen LogP contribution in [0.2, 0.25) is 0 Å². The number of rotatable bonds is 6. The van der Waals surface area contributed by atoms with Gasteiger partial charge in [0.25, 0.3) is 0 Å². The van der Waals surface area contributed by atoms with Crippen LogP contribution < -0.4 is 4.74 Å². The van der Waals surface area contributed by atoms with E-state index in [9.17, 15) is 9.50 Å². The summed E-state index contributed by atoms with van der Waals surface area (Å²) in [5.41, 5.74) is 1.89. The first-order valence-electron chi connectivity index (χ1n) is 10.1. The van der Waals surface area contributed by atoms with Crippen LogP contribution in [0.15, 0.2) is 78.9 Å². The molecule has 4 rings (SSSR count). The van der Waals surface area contributed by atoms with Gasteiger partial charge in [0.15, 0.2) is 11.6 Å². The monoisotopic (exact) mass is 391 g/mol. The van der Waals surface area contributed by atoms with Crippen molar-refractivity contribution in [3.8, 4) is 5.75 Å². The van der Waals surface area contributed by atoms with Gasteiger partial charge < -0.3 is 9.84 Å². The predicted molar refractivity (Wildman–Crippen MR) is 112 cm³/mol. The van der Waals surface area contributed by atoms with Crippen molar-refractivity contribution < 1.29 is 14.2 Å². The summed E-state index contributed by atoms with van der Waals surface area (Å²) in [6, 6.07) is 24.8. The lowest BCUT2D eigenvalue weighted by Crippen LogP contribution is -2.42. The quantitative estimate of drug-likeness (QED) is 0.650. The minimum Gasteiger partial charge on any atom is -0.486 e. The molecule has 1 aliphatic heterocycles. The molecule has 0 amide bonds. The Bertz CT molecular complexity index is 922. The van der Waals surface area contributed by atoms with E-state index in [2.05, 4.69) is 17.0 Å². The van der Waals surface area contributed by atoms with Gasteiger partial charge in [0.1, 0.15) is 6.61 Å². The molecule has 4 heteroatoms. The second kappa shape index (κ2) is 8.76. The van der Waals surface area contributed by atoms with Crippen LogP contribution >= 0.6 is 0 Å². The fourth-order valence-corrected chi connectivity index (χ4v) is 3.85. The van der Waals surface area contributed by atoms with Crippen molar-refractivity contribution in [3.63, 3.8) is 0 Å². The van der Waals surface area contributed by atoms with Gasteiger partial charge >= 0.3 is 0 Å². The standard InChI is InChI=1S/C25H26FNO2/c26-23-17-22(11-12-24(23)29-19-21-9-5-2-6-10-21)25(28)13-15-27(16-14-25)18-20-7-3-1-4-8-20/h1-12,17,28H,13-16,18-19H2. The molecule has 0 radical (unpaired) electrons. The zero-order valence-electron chi connectivity index (χ0n) is 16.4. The Morgan fingerprint density at radius 1 is 0.862 bits per heavy atom. The van der Waals surface area contributed by atoms with Crippen molar-refractivity contribution in [1.82, 2.24) is 4.90 Å². The lowest BCUT2D eigenvalue weighted by molar-refractivity contribution is -0.0279. The van der Waals surface area contributed by atoms with Gasteiger partial charge in [-0.05, 0) is 41.7 Å². The lowest BCUT2D eigenvalue weighted by atomic mass is 9.84. The van der Waals surface area contributed by atoms with Crippen LogP contribution in [-0.4, -0.2) is 23.1 Å². The molecule has 0 aromatic heterocycles. The van der Waals surface area contributed by atoms with Crippen molar-refractivity contribution in [2.24, 2.45) is 0 Å². The van der Waals surface area contributed by atoms with Crippen molar-refractivity contribution >= 4 is 0 Å². The molecule has 3 nitrogen and oxygen atoms in total. The average Bonchev–Trinajstić information content (AvgIpc) is 2.76. The maximum Gasteiger partial charge on any atom is 0.165 e. The van der Waals surface area contributed by atoms with Crippen LogP contribution in [0.25, 0.3) is 0 Å². The highest BCUT2D eigenvalue weighted by atomic mass is 19.1. The van der Waals surface area contributed by atoms with E-state index < -0.39 is 11.4 Å². The van der Waals surface area contributed by atoms with E-state index in [1.807, 2.05) is 48.5 Å². The summed E-state index contributed by atoms with van der Waals surface area (Å²) in [5.74, 6) is -0.221. The third-order valence-corrected chi connectivity index (χ3v) is 5.64. The smallest absolute Gasteiger partial charge is 0.165 e. The maximum atomic E-state index is 14.6. The summed E-state index contributed by atoms with van der Waals surface area (Å²) in [5, 5.41) is 11.1. The van der Waals surface area contributed by atoms with Crippen LogP contribution in [0.1, 0.15) is 29.5 Å². The van der Waals surface area contributed by atoms with Crippen LogP contribution in [0.3, 0.4) is 0 Å². The first kappa shape index (κ1) is 19.6. The van der Waals surface area contributed by atoms with Gasteiger partial charge in [-0.2, -0.15) is 0 Å². The van der Waals surface area contributed by atoms with Gasteiger partial charge in [0, 0.05) is 19.6 Å². The first-order valence-corrected chi connectivity index (χ1v) is 10.1. The van der Waals surface area contributed by atoms with Gasteiger partial charge in [-0.25, -0.2) is 4.39 Å². The molecule has 29 heavy (non-hydrogen) atoms. The Hall–Kier alpha value is -2.69. The summed E-state index contributed by atoms with van der Waals surface area (Å²) in [4.78, 5) is 2.33. The van der Waals surface area contributed by atoms with Crippen molar-refractivity contribution in [1.29, 1.82) is 0 Å². The predicted octanol–water partition coefficient (Wildman–Crippen LogP) is 4.89. The zero-order valence-corrected chi connectivity index (χ0v) is 16.4. The van der Waals surface area contributed by atoms with Crippen molar-refractivity contribution in [2.45, 2.75) is 31.6 Å². The van der Waals surface area contributed by atoms with Gasteiger partial charge in [-0.15, -0.1) is 0 Å². The van der Waals surface area contributed by atoms with E-state index in [0.717, 1.165) is 25.2 Å². The molecule has 1 fully saturated rings. The number of benzene rings is 3. The molecule has 1 heterocycles. The minimum absolute atomic E-state index is 0.211. The van der Waals surface area contributed by atoms with E-state index in [0.29, 0.717) is 25.0 Å². The third kappa shape index (κ3) is 4.84.